The Hall–Kier alpha value is -2.54. The number of nitrogens with one attached hydrogen (secondary N) is 2. The molecule has 7 heteroatoms. The minimum Gasteiger partial charge on any atom is -0.435 e. The summed E-state index contributed by atoms with van der Waals surface area (Å²) in [6.45, 7) is 3.12. The molecule has 0 atom stereocenters. The summed E-state index contributed by atoms with van der Waals surface area (Å²) in [7, 11) is 0. The van der Waals surface area contributed by atoms with E-state index in [4.69, 9.17) is 12.2 Å². The first-order chi connectivity index (χ1) is 12.4. The van der Waals surface area contributed by atoms with Gasteiger partial charge in [0.1, 0.15) is 5.75 Å². The fraction of sp³-hybridized carbons (Fsp3) is 0.263. The van der Waals surface area contributed by atoms with Crippen LogP contribution >= 0.6 is 12.2 Å². The highest BCUT2D eigenvalue weighted by Crippen LogP contribution is 2.17. The minimum absolute atomic E-state index is 0.110. The van der Waals surface area contributed by atoms with E-state index >= 15 is 0 Å². The maximum Gasteiger partial charge on any atom is 0.387 e. The Labute approximate surface area is 157 Å². The van der Waals surface area contributed by atoms with Crippen LogP contribution in [-0.2, 0) is 0 Å². The zero-order valence-corrected chi connectivity index (χ0v) is 15.7. The average molecular weight is 377 g/mol. The molecule has 0 aliphatic carbocycles. The maximum atomic E-state index is 12.2. The van der Waals surface area contributed by atoms with Crippen LogP contribution in [0.4, 0.5) is 14.5 Å². The van der Waals surface area contributed by atoms with Gasteiger partial charge in [0.2, 0.25) is 0 Å². The quantitative estimate of drug-likeness (QED) is 0.422. The third-order valence-electron chi connectivity index (χ3n) is 3.68. The summed E-state index contributed by atoms with van der Waals surface area (Å²) in [6.07, 6.45) is 0.647. The van der Waals surface area contributed by atoms with Crippen LogP contribution in [0.25, 0.3) is 0 Å². The second kappa shape index (κ2) is 9.24. The molecule has 2 rings (SSSR count). The van der Waals surface area contributed by atoms with Gasteiger partial charge in [-0.05, 0) is 79.5 Å². The molecular formula is C19H21F2N3OS. The zero-order chi connectivity index (χ0) is 19.1. The van der Waals surface area contributed by atoms with Crippen LogP contribution in [0.15, 0.2) is 47.6 Å². The lowest BCUT2D eigenvalue weighted by Crippen LogP contribution is -2.25. The van der Waals surface area contributed by atoms with Crippen molar-refractivity contribution in [1.82, 2.24) is 5.43 Å². The van der Waals surface area contributed by atoms with Crippen LogP contribution in [0, 0.1) is 13.8 Å². The lowest BCUT2D eigenvalue weighted by molar-refractivity contribution is -0.0498. The van der Waals surface area contributed by atoms with Crippen LogP contribution in [0.3, 0.4) is 0 Å². The van der Waals surface area contributed by atoms with Gasteiger partial charge in [-0.2, -0.15) is 13.9 Å². The van der Waals surface area contributed by atoms with E-state index in [0.717, 1.165) is 28.1 Å². The van der Waals surface area contributed by atoms with E-state index in [1.165, 1.54) is 12.1 Å². The minimum atomic E-state index is -2.84. The molecule has 0 aliphatic heterocycles. The van der Waals surface area contributed by atoms with Crippen molar-refractivity contribution in [2.24, 2.45) is 5.10 Å². The van der Waals surface area contributed by atoms with Crippen molar-refractivity contribution < 1.29 is 13.5 Å². The largest absolute Gasteiger partial charge is 0.435 e. The summed E-state index contributed by atoms with van der Waals surface area (Å²) < 4.78 is 28.8. The van der Waals surface area contributed by atoms with Crippen LogP contribution in [0.5, 0.6) is 5.75 Å². The van der Waals surface area contributed by atoms with E-state index in [1.807, 2.05) is 39.0 Å². The third kappa shape index (κ3) is 5.77. The van der Waals surface area contributed by atoms with Crippen molar-refractivity contribution in [1.29, 1.82) is 0 Å². The van der Waals surface area contributed by atoms with Gasteiger partial charge < -0.3 is 10.1 Å². The number of aryl methyl sites for hydroxylation is 2. The van der Waals surface area contributed by atoms with E-state index in [-0.39, 0.29) is 5.75 Å². The lowest BCUT2D eigenvalue weighted by atomic mass is 10.1. The number of nitrogens with zero attached hydrogens (tertiary/aromatic N) is 1. The molecule has 0 saturated carbocycles. The normalized spacial score (nSPS) is 11.4. The fourth-order valence-corrected chi connectivity index (χ4v) is 2.47. The summed E-state index contributed by atoms with van der Waals surface area (Å²) in [5, 5.41) is 7.82. The summed E-state index contributed by atoms with van der Waals surface area (Å²) in [5.74, 6) is 0.110. The van der Waals surface area contributed by atoms with Gasteiger partial charge >= 0.3 is 6.61 Å². The van der Waals surface area contributed by atoms with Gasteiger partial charge in [-0.25, -0.2) is 0 Å². The van der Waals surface area contributed by atoms with E-state index < -0.39 is 6.61 Å². The summed E-state index contributed by atoms with van der Waals surface area (Å²) >= 11 is 5.29. The first kappa shape index (κ1) is 19.8. The number of thiocarbonyl (C=S) groups is 1. The molecule has 2 N–H and O–H groups in total. The van der Waals surface area contributed by atoms with Gasteiger partial charge in [0.25, 0.3) is 0 Å². The Balaban J connectivity index is 2.04. The number of halogens is 2. The molecule has 4 nitrogen and oxygen atoms in total. The molecule has 0 saturated heterocycles. The molecular weight excluding hydrogens is 356 g/mol. The maximum absolute atomic E-state index is 12.2. The molecule has 0 amide bonds. The topological polar surface area (TPSA) is 45.7 Å². The van der Waals surface area contributed by atoms with Gasteiger partial charge in [-0.1, -0.05) is 19.1 Å². The highest BCUT2D eigenvalue weighted by atomic mass is 32.1. The van der Waals surface area contributed by atoms with Crippen molar-refractivity contribution in [3.63, 3.8) is 0 Å². The first-order valence-corrected chi connectivity index (χ1v) is 8.56. The highest BCUT2D eigenvalue weighted by Gasteiger charge is 2.07. The Bertz CT molecular complexity index is 792. The molecule has 2 aromatic rings. The predicted octanol–water partition coefficient (Wildman–Crippen LogP) is 5.01. The smallest absolute Gasteiger partial charge is 0.387 e. The third-order valence-corrected chi connectivity index (χ3v) is 3.87. The van der Waals surface area contributed by atoms with Gasteiger partial charge in [0, 0.05) is 5.69 Å². The number of hydrazone groups is 1. The average Bonchev–Trinajstić information content (AvgIpc) is 2.59. The van der Waals surface area contributed by atoms with Crippen LogP contribution < -0.4 is 15.5 Å². The van der Waals surface area contributed by atoms with Crippen molar-refractivity contribution in [3.05, 3.63) is 59.2 Å². The van der Waals surface area contributed by atoms with Crippen LogP contribution in [0.1, 0.15) is 30.0 Å². The molecule has 0 radical (unpaired) electrons. The molecule has 0 aromatic heterocycles. The van der Waals surface area contributed by atoms with Crippen molar-refractivity contribution in [2.45, 2.75) is 33.8 Å². The van der Waals surface area contributed by atoms with Gasteiger partial charge in [-0.3, -0.25) is 5.43 Å². The van der Waals surface area contributed by atoms with Gasteiger partial charge in [0.05, 0.1) is 5.71 Å². The summed E-state index contributed by atoms with van der Waals surface area (Å²) in [6, 6.07) is 12.4. The second-order valence-corrected chi connectivity index (χ2v) is 6.11. The molecule has 2 aromatic carbocycles. The molecule has 0 spiro atoms. The van der Waals surface area contributed by atoms with E-state index in [9.17, 15) is 8.78 Å². The van der Waals surface area contributed by atoms with E-state index in [1.54, 1.807) is 12.1 Å². The van der Waals surface area contributed by atoms with Gasteiger partial charge in [-0.15, -0.1) is 0 Å². The summed E-state index contributed by atoms with van der Waals surface area (Å²) in [4.78, 5) is 0. The first-order valence-electron chi connectivity index (χ1n) is 8.15. The molecule has 0 unspecified atom stereocenters. The molecule has 0 heterocycles. The molecule has 138 valence electrons. The monoisotopic (exact) mass is 377 g/mol. The number of alkyl halides is 2. The number of hydrogen-bond acceptors (Lipinski definition) is 3. The Morgan fingerprint density at radius 3 is 2.46 bits per heavy atom. The van der Waals surface area contributed by atoms with Crippen molar-refractivity contribution in [2.75, 3.05) is 5.32 Å². The number of anilines is 1. The fourth-order valence-electron chi connectivity index (χ4n) is 2.32. The highest BCUT2D eigenvalue weighted by molar-refractivity contribution is 7.80. The van der Waals surface area contributed by atoms with E-state index in [0.29, 0.717) is 11.5 Å². The number of hydrogen-bond donors (Lipinski definition) is 2. The second-order valence-electron chi connectivity index (χ2n) is 5.70. The molecule has 26 heavy (non-hydrogen) atoms. The lowest BCUT2D eigenvalue weighted by Gasteiger charge is -2.12. The Morgan fingerprint density at radius 1 is 1.15 bits per heavy atom. The number of rotatable bonds is 6. The Kier molecular flexibility index (Phi) is 7.03. The molecule has 0 aliphatic rings. The van der Waals surface area contributed by atoms with Crippen molar-refractivity contribution in [3.8, 4) is 5.75 Å². The summed E-state index contributed by atoms with van der Waals surface area (Å²) in [5.41, 5.74) is 7.51. The van der Waals surface area contributed by atoms with Crippen molar-refractivity contribution >= 4 is 28.7 Å². The zero-order valence-electron chi connectivity index (χ0n) is 14.8. The van der Waals surface area contributed by atoms with Crippen LogP contribution in [0.2, 0.25) is 0 Å². The number of benzene rings is 2. The van der Waals surface area contributed by atoms with E-state index in [2.05, 4.69) is 20.6 Å². The van der Waals surface area contributed by atoms with Crippen LogP contribution in [-0.4, -0.2) is 17.4 Å². The SMILES string of the molecule is CCC(=NNC(=S)Nc1cc(C)ccc1C)c1ccc(OC(F)F)cc1. The standard InChI is InChI=1S/C19H21F2N3OS/c1-4-16(14-7-9-15(10-8-14)25-18(20)21)23-24-19(26)22-17-11-12(2)5-6-13(17)3/h5-11,18H,4H2,1-3H3,(H2,22,24,26). The number of ether oxygens (including phenoxy) is 1. The Morgan fingerprint density at radius 2 is 1.85 bits per heavy atom. The molecule has 0 fully saturated rings. The molecule has 0 bridgehead atoms. The predicted molar refractivity (Wildman–Crippen MR) is 105 cm³/mol. The van der Waals surface area contributed by atoms with Gasteiger partial charge in [0.15, 0.2) is 5.11 Å².